The van der Waals surface area contributed by atoms with Gasteiger partial charge in [0.05, 0.1) is 6.33 Å². The fourth-order valence-electron chi connectivity index (χ4n) is 2.89. The molecule has 0 aliphatic rings. The second-order valence-corrected chi connectivity index (χ2v) is 5.99. The van der Waals surface area contributed by atoms with Crippen molar-refractivity contribution in [3.8, 4) is 0 Å². The lowest BCUT2D eigenvalue weighted by atomic mass is 9.85. The van der Waals surface area contributed by atoms with Gasteiger partial charge in [-0.3, -0.25) is 0 Å². The molecule has 1 aromatic rings. The normalized spacial score (nSPS) is 14.5. The molecule has 2 atom stereocenters. The molecule has 110 valence electrons. The van der Waals surface area contributed by atoms with Gasteiger partial charge in [-0.25, -0.2) is 4.98 Å². The van der Waals surface area contributed by atoms with E-state index in [0.717, 1.165) is 18.4 Å². The van der Waals surface area contributed by atoms with Crippen LogP contribution >= 0.6 is 0 Å². The largest absolute Gasteiger partial charge is 0.337 e. The Labute approximate surface area is 119 Å². The summed E-state index contributed by atoms with van der Waals surface area (Å²) >= 11 is 0. The van der Waals surface area contributed by atoms with E-state index in [9.17, 15) is 0 Å². The molecule has 0 radical (unpaired) electrons. The predicted molar refractivity (Wildman–Crippen MR) is 83.2 cm³/mol. The van der Waals surface area contributed by atoms with Crippen LogP contribution in [0.15, 0.2) is 18.7 Å². The summed E-state index contributed by atoms with van der Waals surface area (Å²) in [6.45, 7) is 8.13. The molecule has 0 spiro atoms. The highest BCUT2D eigenvalue weighted by Crippen LogP contribution is 2.26. The van der Waals surface area contributed by atoms with Crippen LogP contribution in [0.25, 0.3) is 0 Å². The molecule has 0 fully saturated rings. The van der Waals surface area contributed by atoms with E-state index >= 15 is 0 Å². The molecule has 2 heteroatoms. The van der Waals surface area contributed by atoms with E-state index in [1.54, 1.807) is 0 Å². The summed E-state index contributed by atoms with van der Waals surface area (Å²) in [5.74, 6) is 1.65. The predicted octanol–water partition coefficient (Wildman–Crippen LogP) is 5.30. The number of rotatable bonds is 11. The first-order valence-corrected chi connectivity index (χ1v) is 8.23. The molecule has 2 nitrogen and oxygen atoms in total. The Balaban J connectivity index is 2.37. The molecule has 0 aliphatic heterocycles. The zero-order valence-corrected chi connectivity index (χ0v) is 13.1. The van der Waals surface area contributed by atoms with Gasteiger partial charge in [0.1, 0.15) is 0 Å². The third kappa shape index (κ3) is 6.79. The lowest BCUT2D eigenvalue weighted by Crippen LogP contribution is -2.17. The number of unbranched alkanes of at least 4 members (excludes halogenated alkanes) is 4. The van der Waals surface area contributed by atoms with Gasteiger partial charge in [0.2, 0.25) is 0 Å². The SMILES string of the molecule is CCCCCCC(CCCC)C(C)Cn1ccnc1. The highest BCUT2D eigenvalue weighted by atomic mass is 15.0. The number of nitrogens with zero attached hydrogens (tertiary/aromatic N) is 2. The van der Waals surface area contributed by atoms with Gasteiger partial charge in [-0.1, -0.05) is 72.1 Å². The highest BCUT2D eigenvalue weighted by molar-refractivity contribution is 4.77. The third-order valence-electron chi connectivity index (χ3n) is 4.22. The fraction of sp³-hybridized carbons (Fsp3) is 0.824. The van der Waals surface area contributed by atoms with Crippen molar-refractivity contribution in [3.63, 3.8) is 0 Å². The molecular weight excluding hydrogens is 232 g/mol. The summed E-state index contributed by atoms with van der Waals surface area (Å²) in [6, 6.07) is 0. The van der Waals surface area contributed by atoms with E-state index in [2.05, 4.69) is 36.5 Å². The van der Waals surface area contributed by atoms with Crippen molar-refractivity contribution in [1.82, 2.24) is 9.55 Å². The van der Waals surface area contributed by atoms with E-state index in [1.165, 1.54) is 51.4 Å². The van der Waals surface area contributed by atoms with E-state index in [0.29, 0.717) is 0 Å². The maximum Gasteiger partial charge on any atom is 0.0945 e. The molecule has 0 saturated heterocycles. The lowest BCUT2D eigenvalue weighted by molar-refractivity contribution is 0.269. The van der Waals surface area contributed by atoms with Crippen molar-refractivity contribution in [3.05, 3.63) is 18.7 Å². The van der Waals surface area contributed by atoms with Crippen LogP contribution in [0.1, 0.15) is 72.1 Å². The molecule has 1 rings (SSSR count). The summed E-state index contributed by atoms with van der Waals surface area (Å²) in [5, 5.41) is 0. The Morgan fingerprint density at radius 3 is 2.37 bits per heavy atom. The number of hydrogen-bond donors (Lipinski definition) is 0. The molecule has 19 heavy (non-hydrogen) atoms. The van der Waals surface area contributed by atoms with Crippen molar-refractivity contribution in [2.75, 3.05) is 0 Å². The van der Waals surface area contributed by atoms with Crippen LogP contribution in [0.5, 0.6) is 0 Å². The summed E-state index contributed by atoms with van der Waals surface area (Å²) in [7, 11) is 0. The number of aromatic nitrogens is 2. The van der Waals surface area contributed by atoms with Crippen molar-refractivity contribution >= 4 is 0 Å². The number of hydrogen-bond acceptors (Lipinski definition) is 1. The van der Waals surface area contributed by atoms with Crippen LogP contribution in [0.2, 0.25) is 0 Å². The molecule has 0 aliphatic carbocycles. The van der Waals surface area contributed by atoms with E-state index < -0.39 is 0 Å². The first-order chi connectivity index (χ1) is 9.27. The molecule has 0 aromatic carbocycles. The minimum atomic E-state index is 0.766. The van der Waals surface area contributed by atoms with Gasteiger partial charge in [-0.05, 0) is 11.8 Å². The molecule has 0 saturated carbocycles. The fourth-order valence-corrected chi connectivity index (χ4v) is 2.89. The second kappa shape index (κ2) is 10.1. The highest BCUT2D eigenvalue weighted by Gasteiger charge is 2.16. The summed E-state index contributed by atoms with van der Waals surface area (Å²) < 4.78 is 2.23. The quantitative estimate of drug-likeness (QED) is 0.496. The Bertz CT molecular complexity index is 292. The Morgan fingerprint density at radius 1 is 1.00 bits per heavy atom. The van der Waals surface area contributed by atoms with E-state index in [1.807, 2.05) is 12.5 Å². The molecule has 0 amide bonds. The van der Waals surface area contributed by atoms with Gasteiger partial charge in [0, 0.05) is 18.9 Å². The van der Waals surface area contributed by atoms with Gasteiger partial charge < -0.3 is 4.57 Å². The average molecular weight is 264 g/mol. The maximum absolute atomic E-state index is 4.15. The van der Waals surface area contributed by atoms with Crippen LogP contribution in [0.3, 0.4) is 0 Å². The number of imidazole rings is 1. The van der Waals surface area contributed by atoms with Crippen LogP contribution in [0.4, 0.5) is 0 Å². The Kier molecular flexibility index (Phi) is 8.61. The monoisotopic (exact) mass is 264 g/mol. The molecule has 2 unspecified atom stereocenters. The van der Waals surface area contributed by atoms with Gasteiger partial charge in [0.25, 0.3) is 0 Å². The van der Waals surface area contributed by atoms with Crippen LogP contribution in [0, 0.1) is 11.8 Å². The standard InChI is InChI=1S/C17H32N2/c1-4-6-8-9-11-17(10-7-5-2)16(3)14-19-13-12-18-15-19/h12-13,15-17H,4-11,14H2,1-3H3. The summed E-state index contributed by atoms with van der Waals surface area (Å²) in [5.41, 5.74) is 0. The minimum absolute atomic E-state index is 0.766. The Hall–Kier alpha value is -0.790. The second-order valence-electron chi connectivity index (χ2n) is 5.99. The first-order valence-electron chi connectivity index (χ1n) is 8.23. The summed E-state index contributed by atoms with van der Waals surface area (Å²) in [6.07, 6.45) is 17.0. The molecular formula is C17H32N2. The molecule has 0 N–H and O–H groups in total. The zero-order valence-electron chi connectivity index (χ0n) is 13.1. The smallest absolute Gasteiger partial charge is 0.0945 e. The molecule has 1 heterocycles. The van der Waals surface area contributed by atoms with Gasteiger partial charge >= 0.3 is 0 Å². The third-order valence-corrected chi connectivity index (χ3v) is 4.22. The van der Waals surface area contributed by atoms with Crippen molar-refractivity contribution in [2.24, 2.45) is 11.8 Å². The zero-order chi connectivity index (χ0) is 13.9. The van der Waals surface area contributed by atoms with Gasteiger partial charge in [-0.2, -0.15) is 0 Å². The summed E-state index contributed by atoms with van der Waals surface area (Å²) in [4.78, 5) is 4.15. The average Bonchev–Trinajstić information content (AvgIpc) is 2.90. The van der Waals surface area contributed by atoms with E-state index in [-0.39, 0.29) is 0 Å². The molecule has 1 aromatic heterocycles. The Morgan fingerprint density at radius 2 is 1.74 bits per heavy atom. The maximum atomic E-state index is 4.15. The minimum Gasteiger partial charge on any atom is -0.337 e. The van der Waals surface area contributed by atoms with Crippen LogP contribution < -0.4 is 0 Å². The van der Waals surface area contributed by atoms with E-state index in [4.69, 9.17) is 0 Å². The van der Waals surface area contributed by atoms with Crippen molar-refractivity contribution in [2.45, 2.75) is 78.7 Å². The van der Waals surface area contributed by atoms with Gasteiger partial charge in [0.15, 0.2) is 0 Å². The molecule has 0 bridgehead atoms. The van der Waals surface area contributed by atoms with Crippen molar-refractivity contribution in [1.29, 1.82) is 0 Å². The topological polar surface area (TPSA) is 17.8 Å². The van der Waals surface area contributed by atoms with Crippen LogP contribution in [-0.4, -0.2) is 9.55 Å². The lowest BCUT2D eigenvalue weighted by Gasteiger charge is -2.24. The van der Waals surface area contributed by atoms with Crippen LogP contribution in [-0.2, 0) is 6.54 Å². The van der Waals surface area contributed by atoms with Gasteiger partial charge in [-0.15, -0.1) is 0 Å². The van der Waals surface area contributed by atoms with Crippen molar-refractivity contribution < 1.29 is 0 Å². The first kappa shape index (κ1) is 16.3.